The monoisotopic (exact) mass is 802 g/mol. The summed E-state index contributed by atoms with van der Waals surface area (Å²) < 4.78 is 43.7. The molecule has 294 valence electrons. The van der Waals surface area contributed by atoms with Crippen LogP contribution in [0.3, 0.4) is 0 Å². The summed E-state index contributed by atoms with van der Waals surface area (Å²) in [7, 11) is 0. The fraction of sp³-hybridized carbons (Fsp3) is 0.205. The third kappa shape index (κ3) is 10.7. The van der Waals surface area contributed by atoms with E-state index in [0.717, 1.165) is 22.3 Å². The van der Waals surface area contributed by atoms with Crippen LogP contribution in [0.1, 0.15) is 34.3 Å². The van der Waals surface area contributed by atoms with Gasteiger partial charge in [0.25, 0.3) is 5.91 Å². The molecule has 57 heavy (non-hydrogen) atoms. The molecule has 1 aliphatic carbocycles. The Bertz CT molecular complexity index is 2270. The van der Waals surface area contributed by atoms with Crippen LogP contribution in [0.5, 0.6) is 6.01 Å². The van der Waals surface area contributed by atoms with Crippen LogP contribution in [-0.2, 0) is 19.9 Å². The number of carbonyl (C=O) groups excluding carboxylic acids is 3. The number of carboxylic acids is 1. The Kier molecular flexibility index (Phi) is 11.9. The van der Waals surface area contributed by atoms with Gasteiger partial charge in [-0.3, -0.25) is 14.4 Å². The lowest BCUT2D eigenvalue weighted by molar-refractivity contribution is -0.154. The van der Waals surface area contributed by atoms with Gasteiger partial charge in [-0.1, -0.05) is 60.1 Å². The van der Waals surface area contributed by atoms with E-state index in [9.17, 15) is 37.5 Å². The first-order chi connectivity index (χ1) is 27.2. The zero-order valence-corrected chi connectivity index (χ0v) is 30.7. The van der Waals surface area contributed by atoms with Crippen molar-refractivity contribution in [2.75, 3.05) is 29.1 Å². The van der Waals surface area contributed by atoms with Crippen molar-refractivity contribution in [1.82, 2.24) is 25.6 Å². The van der Waals surface area contributed by atoms with Gasteiger partial charge < -0.3 is 36.4 Å². The zero-order valence-electron chi connectivity index (χ0n) is 30.0. The third-order valence-electron chi connectivity index (χ3n) is 8.76. The number of aliphatic carboxylic acids is 1. The van der Waals surface area contributed by atoms with Crippen molar-refractivity contribution >= 4 is 58.6 Å². The number of benzene rings is 4. The normalized spacial score (nSPS) is 13.4. The molecule has 14 nitrogen and oxygen atoms in total. The Morgan fingerprint density at radius 3 is 2.12 bits per heavy atom. The van der Waals surface area contributed by atoms with E-state index in [4.69, 9.17) is 16.3 Å². The minimum atomic E-state index is -4.65. The molecule has 4 aromatic carbocycles. The Labute approximate surface area is 328 Å². The van der Waals surface area contributed by atoms with Crippen molar-refractivity contribution in [2.24, 2.45) is 0 Å². The van der Waals surface area contributed by atoms with E-state index in [1.165, 1.54) is 24.3 Å². The molecular formula is C39H34ClF3N8O6. The maximum atomic E-state index is 13.0. The number of ether oxygens (including phenoxy) is 1. The fourth-order valence-corrected chi connectivity index (χ4v) is 5.77. The number of nitrogens with zero attached hydrogens (tertiary/aromatic N) is 3. The molecule has 0 unspecified atom stereocenters. The molecule has 1 fully saturated rings. The summed E-state index contributed by atoms with van der Waals surface area (Å²) in [5, 5.41) is 23.2. The van der Waals surface area contributed by atoms with Crippen molar-refractivity contribution in [2.45, 2.75) is 37.5 Å². The van der Waals surface area contributed by atoms with Gasteiger partial charge in [0.2, 0.25) is 11.9 Å². The van der Waals surface area contributed by atoms with E-state index in [2.05, 4.69) is 41.5 Å². The van der Waals surface area contributed by atoms with E-state index >= 15 is 0 Å². The maximum absolute atomic E-state index is 13.0. The topological polar surface area (TPSA) is 197 Å². The number of aromatic nitrogens is 3. The first kappa shape index (κ1) is 39.9. The van der Waals surface area contributed by atoms with E-state index in [-0.39, 0.29) is 17.5 Å². The van der Waals surface area contributed by atoms with Crippen molar-refractivity contribution in [3.63, 3.8) is 0 Å². The number of hydrogen-bond acceptors (Lipinski definition) is 10. The summed E-state index contributed by atoms with van der Waals surface area (Å²) in [4.78, 5) is 62.2. The molecule has 18 heteroatoms. The number of hydrogen-bond donors (Lipinski definition) is 6. The van der Waals surface area contributed by atoms with Crippen molar-refractivity contribution < 1.29 is 42.2 Å². The van der Waals surface area contributed by atoms with Crippen LogP contribution in [-0.4, -0.2) is 69.1 Å². The summed E-state index contributed by atoms with van der Waals surface area (Å²) in [6, 6.07) is 25.0. The highest BCUT2D eigenvalue weighted by Crippen LogP contribution is 2.48. The second kappa shape index (κ2) is 16.9. The molecule has 0 bridgehead atoms. The number of anilines is 4. The molecule has 1 saturated carbocycles. The molecule has 0 saturated heterocycles. The lowest BCUT2D eigenvalue weighted by Gasteiger charge is -2.19. The number of carbonyl (C=O) groups is 4. The number of carboxylic acid groups (broad SMARTS) is 1. The first-order valence-electron chi connectivity index (χ1n) is 17.3. The molecule has 0 spiro atoms. The second-order valence-corrected chi connectivity index (χ2v) is 13.4. The number of rotatable bonds is 14. The number of alkyl halides is 3. The quantitative estimate of drug-likeness (QED) is 0.0697. The van der Waals surface area contributed by atoms with Gasteiger partial charge in [-0.2, -0.15) is 28.1 Å². The molecular weight excluding hydrogens is 769 g/mol. The molecule has 0 aliphatic heterocycles. The number of nitrogens with one attached hydrogen (secondary N) is 5. The Morgan fingerprint density at radius 2 is 1.49 bits per heavy atom. The van der Waals surface area contributed by atoms with Gasteiger partial charge in [0.1, 0.15) is 6.04 Å². The van der Waals surface area contributed by atoms with Crippen LogP contribution in [0.15, 0.2) is 97.1 Å². The van der Waals surface area contributed by atoms with Gasteiger partial charge in [-0.25, -0.2) is 4.79 Å². The molecule has 5 aromatic rings. The lowest BCUT2D eigenvalue weighted by atomic mass is 10.0. The summed E-state index contributed by atoms with van der Waals surface area (Å²) in [6.07, 6.45) is -3.26. The average molecular weight is 803 g/mol. The fourth-order valence-electron chi connectivity index (χ4n) is 5.64. The molecule has 1 aromatic heterocycles. The van der Waals surface area contributed by atoms with Crippen LogP contribution in [0.25, 0.3) is 11.1 Å². The number of halogens is 4. The minimum Gasteiger partial charge on any atom is -0.480 e. The summed E-state index contributed by atoms with van der Waals surface area (Å²) in [6.45, 7) is -0.270. The summed E-state index contributed by atoms with van der Waals surface area (Å²) in [5.74, 6) is -4.65. The van der Waals surface area contributed by atoms with Crippen molar-refractivity contribution in [1.29, 1.82) is 0 Å². The second-order valence-electron chi connectivity index (χ2n) is 13.0. The zero-order chi connectivity index (χ0) is 40.7. The molecule has 1 heterocycles. The Hall–Kier alpha value is -6.75. The first-order valence-corrected chi connectivity index (χ1v) is 17.7. The molecule has 0 radical (unpaired) electrons. The van der Waals surface area contributed by atoms with Crippen LogP contribution in [0.4, 0.5) is 36.4 Å². The highest BCUT2D eigenvalue weighted by atomic mass is 35.5. The maximum Gasteiger partial charge on any atom is 0.422 e. The van der Waals surface area contributed by atoms with Gasteiger partial charge in [-0.15, -0.1) is 0 Å². The molecule has 3 amide bonds. The predicted octanol–water partition coefficient (Wildman–Crippen LogP) is 6.22. The van der Waals surface area contributed by atoms with Gasteiger partial charge in [0.15, 0.2) is 6.61 Å². The molecule has 1 aliphatic rings. The van der Waals surface area contributed by atoms with Gasteiger partial charge in [0, 0.05) is 28.5 Å². The molecule has 1 atom stereocenters. The molecule has 6 N–H and O–H groups in total. The van der Waals surface area contributed by atoms with Gasteiger partial charge in [0.05, 0.1) is 5.54 Å². The predicted molar refractivity (Wildman–Crippen MR) is 204 cm³/mol. The van der Waals surface area contributed by atoms with Crippen LogP contribution in [0, 0.1) is 6.92 Å². The average Bonchev–Trinajstić information content (AvgIpc) is 3.96. The SMILES string of the molecule is Cc1ccccc1-c1ccc(NC(=O)C(=O)NC[C@H](NC(=O)c2ccc(Nc3nc(NC4(c5ccc(Cl)cc5)CC4)nc(OCC(F)(F)F)n3)cc2)C(=O)O)cc1. The van der Waals surface area contributed by atoms with Crippen LogP contribution >= 0.6 is 11.6 Å². The van der Waals surface area contributed by atoms with Crippen LogP contribution in [0.2, 0.25) is 5.02 Å². The lowest BCUT2D eigenvalue weighted by Crippen LogP contribution is -2.50. The van der Waals surface area contributed by atoms with E-state index in [0.29, 0.717) is 29.2 Å². The largest absolute Gasteiger partial charge is 0.480 e. The summed E-state index contributed by atoms with van der Waals surface area (Å²) >= 11 is 6.02. The smallest absolute Gasteiger partial charge is 0.422 e. The molecule has 6 rings (SSSR count). The minimum absolute atomic E-state index is 0.0239. The Balaban J connectivity index is 1.05. The van der Waals surface area contributed by atoms with Crippen molar-refractivity contribution in [3.8, 4) is 17.1 Å². The Morgan fingerprint density at radius 1 is 0.842 bits per heavy atom. The highest BCUT2D eigenvalue weighted by Gasteiger charge is 2.45. The van der Waals surface area contributed by atoms with Crippen LogP contribution < -0.4 is 31.3 Å². The third-order valence-corrected chi connectivity index (χ3v) is 9.01. The van der Waals surface area contributed by atoms with Gasteiger partial charge in [-0.05, 0) is 90.6 Å². The standard InChI is InChI=1S/C39H34ClF3N8O6/c1-22-4-2-3-5-29(22)23-6-14-27(15-7-23)45-33(54)32(53)44-20-30(34(55)56)47-31(52)24-8-16-28(17-9-24)46-35-48-36(50-37(49-35)57-21-39(41,42)43)51-38(18-19-38)25-10-12-26(40)13-11-25/h2-17,30H,18-21H2,1H3,(H,44,53)(H,45,54)(H,47,52)(H,55,56)(H2,46,48,49,50,51)/t30-/m0/s1. The van der Waals surface area contributed by atoms with Gasteiger partial charge >= 0.3 is 30.0 Å². The van der Waals surface area contributed by atoms with E-state index in [1.807, 2.05) is 43.3 Å². The highest BCUT2D eigenvalue weighted by molar-refractivity contribution is 6.39. The summed E-state index contributed by atoms with van der Waals surface area (Å²) in [5.41, 5.74) is 3.97. The van der Waals surface area contributed by atoms with E-state index in [1.54, 1.807) is 36.4 Å². The number of amides is 3. The van der Waals surface area contributed by atoms with Crippen molar-refractivity contribution in [3.05, 3.63) is 119 Å². The number of aryl methyl sites for hydroxylation is 1. The van der Waals surface area contributed by atoms with E-state index < -0.39 is 60.6 Å².